The number of piperidine rings is 2. The number of methoxy groups -OCH3 is 1. The van der Waals surface area contributed by atoms with Gasteiger partial charge in [0, 0.05) is 50.6 Å². The Kier molecular flexibility index (Phi) is 7.01. The van der Waals surface area contributed by atoms with E-state index in [-0.39, 0.29) is 11.8 Å². The predicted molar refractivity (Wildman–Crippen MR) is 106 cm³/mol. The third-order valence-corrected chi connectivity index (χ3v) is 6.02. The molecule has 0 spiro atoms. The molecule has 1 aromatic rings. The maximum Gasteiger partial charge on any atom is 0.224 e. The summed E-state index contributed by atoms with van der Waals surface area (Å²) in [5.74, 6) is 1.37. The number of carbonyl (C=O) groups is 1. The van der Waals surface area contributed by atoms with Gasteiger partial charge in [-0.2, -0.15) is 0 Å². The Hall–Kier alpha value is -1.73. The zero-order chi connectivity index (χ0) is 19.2. The number of aromatic nitrogens is 2. The van der Waals surface area contributed by atoms with Crippen LogP contribution in [0.25, 0.3) is 0 Å². The molecule has 7 nitrogen and oxygen atoms in total. The standard InChI is InChI=1S/C20H33N5O2/c1-15-16(2)22-14-23-19(15)24-10-6-18(7-11-24)25-9-4-5-17(13-25)20(26)21-8-12-27-3/h14,17-18H,4-13H2,1-3H3,(H,21,26). The number of carbonyl (C=O) groups excluding carboxylic acids is 1. The summed E-state index contributed by atoms with van der Waals surface area (Å²) in [4.78, 5) is 26.1. The molecule has 0 saturated carbocycles. The summed E-state index contributed by atoms with van der Waals surface area (Å²) in [5.41, 5.74) is 2.24. The highest BCUT2D eigenvalue weighted by atomic mass is 16.5. The zero-order valence-electron chi connectivity index (χ0n) is 16.9. The second-order valence-corrected chi connectivity index (χ2v) is 7.74. The first-order valence-corrected chi connectivity index (χ1v) is 10.1. The van der Waals surface area contributed by atoms with Gasteiger partial charge in [-0.25, -0.2) is 9.97 Å². The lowest BCUT2D eigenvalue weighted by atomic mass is 9.93. The first kappa shape index (κ1) is 20.0. The summed E-state index contributed by atoms with van der Waals surface area (Å²) in [6.45, 7) is 9.34. The normalized spacial score (nSPS) is 22.0. The quantitative estimate of drug-likeness (QED) is 0.761. The highest BCUT2D eigenvalue weighted by Gasteiger charge is 2.32. The molecule has 150 valence electrons. The van der Waals surface area contributed by atoms with Crippen molar-refractivity contribution in [3.05, 3.63) is 17.6 Å². The van der Waals surface area contributed by atoms with Crippen LogP contribution < -0.4 is 10.2 Å². The number of hydrogen-bond donors (Lipinski definition) is 1. The van der Waals surface area contributed by atoms with E-state index in [9.17, 15) is 4.79 Å². The number of amides is 1. The van der Waals surface area contributed by atoms with Gasteiger partial charge < -0.3 is 15.0 Å². The summed E-state index contributed by atoms with van der Waals surface area (Å²) in [6.07, 6.45) is 6.02. The molecule has 2 aliphatic heterocycles. The fraction of sp³-hybridized carbons (Fsp3) is 0.750. The molecule has 3 heterocycles. The van der Waals surface area contributed by atoms with Crippen LogP contribution in [0.4, 0.5) is 5.82 Å². The molecule has 0 aliphatic carbocycles. The molecule has 1 unspecified atom stereocenters. The van der Waals surface area contributed by atoms with Crippen molar-refractivity contribution in [3.63, 3.8) is 0 Å². The Morgan fingerprint density at radius 2 is 2.00 bits per heavy atom. The van der Waals surface area contributed by atoms with Crippen LogP contribution in [0, 0.1) is 19.8 Å². The molecular weight excluding hydrogens is 342 g/mol. The first-order chi connectivity index (χ1) is 13.1. The van der Waals surface area contributed by atoms with Gasteiger partial charge in [-0.1, -0.05) is 0 Å². The minimum atomic E-state index is 0.111. The lowest BCUT2D eigenvalue weighted by molar-refractivity contribution is -0.127. The van der Waals surface area contributed by atoms with Crippen molar-refractivity contribution in [2.45, 2.75) is 45.6 Å². The van der Waals surface area contributed by atoms with Crippen molar-refractivity contribution in [3.8, 4) is 0 Å². The van der Waals surface area contributed by atoms with Crippen molar-refractivity contribution in [2.24, 2.45) is 5.92 Å². The summed E-state index contributed by atoms with van der Waals surface area (Å²) in [6, 6.07) is 0.569. The van der Waals surface area contributed by atoms with Gasteiger partial charge in [0.25, 0.3) is 0 Å². The van der Waals surface area contributed by atoms with Crippen molar-refractivity contribution >= 4 is 11.7 Å². The predicted octanol–water partition coefficient (Wildman–Crippen LogP) is 1.54. The van der Waals surface area contributed by atoms with Gasteiger partial charge in [-0.05, 0) is 46.1 Å². The molecule has 0 bridgehead atoms. The van der Waals surface area contributed by atoms with Crippen LogP contribution in [0.5, 0.6) is 0 Å². The third-order valence-electron chi connectivity index (χ3n) is 6.02. The van der Waals surface area contributed by atoms with Crippen molar-refractivity contribution in [1.29, 1.82) is 0 Å². The van der Waals surface area contributed by atoms with Crippen molar-refractivity contribution < 1.29 is 9.53 Å². The van der Waals surface area contributed by atoms with Gasteiger partial charge in [-0.15, -0.1) is 0 Å². The average molecular weight is 376 g/mol. The largest absolute Gasteiger partial charge is 0.383 e. The van der Waals surface area contributed by atoms with Gasteiger partial charge in [0.1, 0.15) is 12.1 Å². The van der Waals surface area contributed by atoms with E-state index in [1.165, 1.54) is 5.56 Å². The van der Waals surface area contributed by atoms with Crippen LogP contribution >= 0.6 is 0 Å². The number of anilines is 1. The molecule has 3 rings (SSSR count). The van der Waals surface area contributed by atoms with Crippen LogP contribution in [0.3, 0.4) is 0 Å². The highest BCUT2D eigenvalue weighted by molar-refractivity contribution is 5.78. The van der Waals surface area contributed by atoms with Crippen LogP contribution in [-0.2, 0) is 9.53 Å². The van der Waals surface area contributed by atoms with E-state index in [1.807, 2.05) is 6.92 Å². The van der Waals surface area contributed by atoms with Gasteiger partial charge in [0.15, 0.2) is 0 Å². The number of nitrogens with zero attached hydrogens (tertiary/aromatic N) is 4. The molecule has 2 saturated heterocycles. The smallest absolute Gasteiger partial charge is 0.224 e. The fourth-order valence-corrected chi connectivity index (χ4v) is 4.26. The van der Waals surface area contributed by atoms with E-state index in [4.69, 9.17) is 4.74 Å². The summed E-state index contributed by atoms with van der Waals surface area (Å²) >= 11 is 0. The Morgan fingerprint density at radius 1 is 1.22 bits per heavy atom. The summed E-state index contributed by atoms with van der Waals surface area (Å²) in [7, 11) is 1.66. The second-order valence-electron chi connectivity index (χ2n) is 7.74. The van der Waals surface area contributed by atoms with E-state index in [1.54, 1.807) is 13.4 Å². The Bertz CT molecular complexity index is 631. The van der Waals surface area contributed by atoms with E-state index < -0.39 is 0 Å². The Balaban J connectivity index is 1.51. The zero-order valence-corrected chi connectivity index (χ0v) is 16.9. The van der Waals surface area contributed by atoms with E-state index >= 15 is 0 Å². The second kappa shape index (κ2) is 9.46. The molecule has 27 heavy (non-hydrogen) atoms. The molecule has 1 aromatic heterocycles. The molecule has 0 aromatic carbocycles. The number of aryl methyl sites for hydroxylation is 1. The number of likely N-dealkylation sites (tertiary alicyclic amines) is 1. The third kappa shape index (κ3) is 4.96. The van der Waals surface area contributed by atoms with Crippen LogP contribution in [0.2, 0.25) is 0 Å². The van der Waals surface area contributed by atoms with Crippen LogP contribution in [0.1, 0.15) is 36.9 Å². The SMILES string of the molecule is COCCNC(=O)C1CCCN(C2CCN(c3ncnc(C)c3C)CC2)C1. The molecule has 0 radical (unpaired) electrons. The summed E-state index contributed by atoms with van der Waals surface area (Å²) < 4.78 is 5.02. The summed E-state index contributed by atoms with van der Waals surface area (Å²) in [5, 5.41) is 3.00. The Labute approximate surface area is 162 Å². The van der Waals surface area contributed by atoms with Gasteiger partial charge >= 0.3 is 0 Å². The van der Waals surface area contributed by atoms with E-state index in [0.717, 1.165) is 63.4 Å². The lowest BCUT2D eigenvalue weighted by Crippen LogP contribution is -2.51. The maximum atomic E-state index is 12.4. The van der Waals surface area contributed by atoms with Crippen LogP contribution in [-0.4, -0.2) is 73.3 Å². The van der Waals surface area contributed by atoms with Crippen molar-refractivity contribution in [2.75, 3.05) is 51.3 Å². The molecule has 1 amide bonds. The maximum absolute atomic E-state index is 12.4. The molecule has 2 fully saturated rings. The number of hydrogen-bond acceptors (Lipinski definition) is 6. The molecule has 7 heteroatoms. The molecular formula is C20H33N5O2. The van der Waals surface area contributed by atoms with Crippen LogP contribution in [0.15, 0.2) is 6.33 Å². The topological polar surface area (TPSA) is 70.6 Å². The van der Waals surface area contributed by atoms with Gasteiger partial charge in [0.05, 0.1) is 12.5 Å². The monoisotopic (exact) mass is 375 g/mol. The van der Waals surface area contributed by atoms with Gasteiger partial charge in [-0.3, -0.25) is 9.69 Å². The average Bonchev–Trinajstić information content (AvgIpc) is 2.70. The van der Waals surface area contributed by atoms with Gasteiger partial charge in [0.2, 0.25) is 5.91 Å². The van der Waals surface area contributed by atoms with E-state index in [0.29, 0.717) is 19.2 Å². The molecule has 2 aliphatic rings. The molecule has 1 N–H and O–H groups in total. The van der Waals surface area contributed by atoms with Crippen molar-refractivity contribution in [1.82, 2.24) is 20.2 Å². The number of nitrogens with one attached hydrogen (secondary N) is 1. The lowest BCUT2D eigenvalue weighted by Gasteiger charge is -2.42. The minimum absolute atomic E-state index is 0.111. The number of ether oxygens (including phenoxy) is 1. The number of rotatable bonds is 6. The molecule has 1 atom stereocenters. The minimum Gasteiger partial charge on any atom is -0.383 e. The van der Waals surface area contributed by atoms with E-state index in [2.05, 4.69) is 32.0 Å². The Morgan fingerprint density at radius 3 is 2.74 bits per heavy atom. The fourth-order valence-electron chi connectivity index (χ4n) is 4.26. The first-order valence-electron chi connectivity index (χ1n) is 10.1. The highest BCUT2D eigenvalue weighted by Crippen LogP contribution is 2.27.